The summed E-state index contributed by atoms with van der Waals surface area (Å²) in [6.45, 7) is 2.34. The highest BCUT2D eigenvalue weighted by Crippen LogP contribution is 2.44. The molecule has 0 N–H and O–H groups in total. The summed E-state index contributed by atoms with van der Waals surface area (Å²) < 4.78 is 0. The molecule has 0 fully saturated rings. The van der Waals surface area contributed by atoms with Crippen LogP contribution in [0.3, 0.4) is 0 Å². The molecule has 1 aliphatic rings. The summed E-state index contributed by atoms with van der Waals surface area (Å²) in [5.41, 5.74) is 4.52. The standard InChI is InChI=1S/C16H16.4CH4/c1-12-11-16(13-7-3-2-4-8-13)15-10-6-5-9-14(12)15;;;;/h2-10,12,16H,11H2,1H3;4*1H4/t12-,16+;;;;/m0..../s1. The lowest BCUT2D eigenvalue weighted by molar-refractivity contribution is 0.686. The molecule has 2 atom stereocenters. The Labute approximate surface area is 126 Å². The average Bonchev–Trinajstić information content (AvgIpc) is 2.69. The Morgan fingerprint density at radius 1 is 0.700 bits per heavy atom. The molecule has 0 aromatic heterocycles. The Balaban J connectivity index is 0. The number of hydrogen-bond acceptors (Lipinski definition) is 0. The van der Waals surface area contributed by atoms with Crippen molar-refractivity contribution in [3.05, 3.63) is 71.3 Å². The Morgan fingerprint density at radius 2 is 1.20 bits per heavy atom. The Hall–Kier alpha value is -1.56. The highest BCUT2D eigenvalue weighted by molar-refractivity contribution is 5.44. The van der Waals surface area contributed by atoms with Crippen molar-refractivity contribution in [3.63, 3.8) is 0 Å². The highest BCUT2D eigenvalue weighted by Gasteiger charge is 2.28. The minimum absolute atomic E-state index is 0. The van der Waals surface area contributed by atoms with E-state index in [0.29, 0.717) is 11.8 Å². The minimum atomic E-state index is 0. The van der Waals surface area contributed by atoms with Gasteiger partial charge < -0.3 is 0 Å². The van der Waals surface area contributed by atoms with Crippen molar-refractivity contribution in [1.82, 2.24) is 0 Å². The Kier molecular flexibility index (Phi) is 8.90. The Morgan fingerprint density at radius 3 is 1.80 bits per heavy atom. The molecule has 0 heteroatoms. The first-order chi connectivity index (χ1) is 7.86. The molecular formula is C20H32. The molecule has 0 unspecified atom stereocenters. The fourth-order valence-corrected chi connectivity index (χ4v) is 2.89. The van der Waals surface area contributed by atoms with Crippen molar-refractivity contribution >= 4 is 0 Å². The molecule has 0 aliphatic heterocycles. The Bertz CT molecular complexity index is 484. The first-order valence-electron chi connectivity index (χ1n) is 6.00. The fourth-order valence-electron chi connectivity index (χ4n) is 2.89. The molecule has 0 spiro atoms. The number of rotatable bonds is 1. The SMILES string of the molecule is C.C.C.C.C[C@H]1C[C@H](c2ccccc2)c2ccccc21. The van der Waals surface area contributed by atoms with Crippen LogP contribution in [0.4, 0.5) is 0 Å². The molecule has 1 aliphatic carbocycles. The predicted octanol–water partition coefficient (Wildman–Crippen LogP) is 6.87. The second-order valence-corrected chi connectivity index (χ2v) is 4.73. The monoisotopic (exact) mass is 272 g/mol. The van der Waals surface area contributed by atoms with Gasteiger partial charge in [-0.25, -0.2) is 0 Å². The van der Waals surface area contributed by atoms with E-state index in [1.807, 2.05) is 0 Å². The molecule has 0 bridgehead atoms. The first kappa shape index (κ1) is 20.8. The second-order valence-electron chi connectivity index (χ2n) is 4.73. The largest absolute Gasteiger partial charge is 0.0776 e. The van der Waals surface area contributed by atoms with Crippen molar-refractivity contribution in [2.45, 2.75) is 54.9 Å². The maximum absolute atomic E-state index is 2.34. The third-order valence-corrected chi connectivity index (χ3v) is 3.69. The molecule has 2 aromatic carbocycles. The van der Waals surface area contributed by atoms with Gasteiger partial charge in [0.25, 0.3) is 0 Å². The molecule has 0 saturated heterocycles. The lowest BCUT2D eigenvalue weighted by Crippen LogP contribution is -1.95. The van der Waals surface area contributed by atoms with Crippen molar-refractivity contribution in [2.75, 3.05) is 0 Å². The van der Waals surface area contributed by atoms with Gasteiger partial charge in [-0.05, 0) is 29.0 Å². The number of fused-ring (bicyclic) bond motifs is 1. The van der Waals surface area contributed by atoms with E-state index < -0.39 is 0 Å². The van der Waals surface area contributed by atoms with Crippen molar-refractivity contribution in [3.8, 4) is 0 Å². The lowest BCUT2D eigenvalue weighted by atomic mass is 9.93. The van der Waals surface area contributed by atoms with Crippen molar-refractivity contribution in [2.24, 2.45) is 0 Å². The molecule has 112 valence electrons. The topological polar surface area (TPSA) is 0 Å². The highest BCUT2D eigenvalue weighted by atomic mass is 14.3. The van der Waals surface area contributed by atoms with Crippen LogP contribution in [0.15, 0.2) is 54.6 Å². The van der Waals surface area contributed by atoms with Crippen LogP contribution in [-0.4, -0.2) is 0 Å². The predicted molar refractivity (Wildman–Crippen MR) is 94.7 cm³/mol. The minimum Gasteiger partial charge on any atom is -0.0776 e. The van der Waals surface area contributed by atoms with Crippen LogP contribution >= 0.6 is 0 Å². The summed E-state index contributed by atoms with van der Waals surface area (Å²) in [6.07, 6.45) is 1.25. The van der Waals surface area contributed by atoms with Gasteiger partial charge in [-0.15, -0.1) is 0 Å². The zero-order chi connectivity index (χ0) is 11.0. The molecule has 0 radical (unpaired) electrons. The van der Waals surface area contributed by atoms with Crippen molar-refractivity contribution in [1.29, 1.82) is 0 Å². The maximum Gasteiger partial charge on any atom is 0.00978 e. The number of benzene rings is 2. The van der Waals surface area contributed by atoms with Crippen LogP contribution in [0.1, 0.15) is 71.6 Å². The van der Waals surface area contributed by atoms with Crippen LogP contribution in [-0.2, 0) is 0 Å². The summed E-state index contributed by atoms with van der Waals surface area (Å²) in [4.78, 5) is 0. The maximum atomic E-state index is 2.34. The van der Waals surface area contributed by atoms with Gasteiger partial charge in [-0.1, -0.05) is 91.2 Å². The van der Waals surface area contributed by atoms with Crippen LogP contribution in [0.25, 0.3) is 0 Å². The van der Waals surface area contributed by atoms with Gasteiger partial charge in [-0.2, -0.15) is 0 Å². The smallest absolute Gasteiger partial charge is 0.00978 e. The van der Waals surface area contributed by atoms with E-state index in [0.717, 1.165) is 0 Å². The molecule has 20 heavy (non-hydrogen) atoms. The zero-order valence-electron chi connectivity index (χ0n) is 9.56. The van der Waals surface area contributed by atoms with E-state index in [1.54, 1.807) is 0 Å². The summed E-state index contributed by atoms with van der Waals surface area (Å²) >= 11 is 0. The van der Waals surface area contributed by atoms with E-state index in [4.69, 9.17) is 0 Å². The van der Waals surface area contributed by atoms with E-state index in [-0.39, 0.29) is 29.7 Å². The summed E-state index contributed by atoms with van der Waals surface area (Å²) in [5, 5.41) is 0. The van der Waals surface area contributed by atoms with Gasteiger partial charge in [0.2, 0.25) is 0 Å². The lowest BCUT2D eigenvalue weighted by Gasteiger charge is -2.11. The second kappa shape index (κ2) is 8.58. The van der Waals surface area contributed by atoms with E-state index in [1.165, 1.54) is 23.1 Å². The summed E-state index contributed by atoms with van der Waals surface area (Å²) in [6, 6.07) is 19.8. The molecule has 0 nitrogen and oxygen atoms in total. The first-order valence-corrected chi connectivity index (χ1v) is 6.00. The van der Waals surface area contributed by atoms with Gasteiger partial charge >= 0.3 is 0 Å². The number of hydrogen-bond donors (Lipinski definition) is 0. The summed E-state index contributed by atoms with van der Waals surface area (Å²) in [5.74, 6) is 1.30. The van der Waals surface area contributed by atoms with Crippen LogP contribution in [0, 0.1) is 0 Å². The zero-order valence-corrected chi connectivity index (χ0v) is 9.56. The van der Waals surface area contributed by atoms with E-state index >= 15 is 0 Å². The molecule has 2 aromatic rings. The summed E-state index contributed by atoms with van der Waals surface area (Å²) in [7, 11) is 0. The average molecular weight is 272 g/mol. The van der Waals surface area contributed by atoms with Gasteiger partial charge in [0.15, 0.2) is 0 Å². The van der Waals surface area contributed by atoms with E-state index in [2.05, 4.69) is 61.5 Å². The molecule has 0 saturated carbocycles. The molecule has 0 amide bonds. The quantitative estimate of drug-likeness (QED) is 0.531. The third kappa shape index (κ3) is 3.50. The van der Waals surface area contributed by atoms with Crippen molar-refractivity contribution < 1.29 is 0 Å². The molecular weight excluding hydrogens is 240 g/mol. The van der Waals surface area contributed by atoms with Gasteiger partial charge in [0, 0.05) is 5.92 Å². The molecule has 0 heterocycles. The van der Waals surface area contributed by atoms with Gasteiger partial charge in [-0.3, -0.25) is 0 Å². The fraction of sp³-hybridized carbons (Fsp3) is 0.400. The third-order valence-electron chi connectivity index (χ3n) is 3.69. The van der Waals surface area contributed by atoms with E-state index in [9.17, 15) is 0 Å². The normalized spacial score (nSPS) is 18.4. The van der Waals surface area contributed by atoms with Crippen LogP contribution in [0.5, 0.6) is 0 Å². The van der Waals surface area contributed by atoms with Crippen LogP contribution < -0.4 is 0 Å². The van der Waals surface area contributed by atoms with Gasteiger partial charge in [0.05, 0.1) is 0 Å². The molecule has 3 rings (SSSR count). The van der Waals surface area contributed by atoms with Gasteiger partial charge in [0.1, 0.15) is 0 Å². The van der Waals surface area contributed by atoms with Crippen LogP contribution in [0.2, 0.25) is 0 Å².